The van der Waals surface area contributed by atoms with Gasteiger partial charge in [-0.15, -0.1) is 0 Å². The average molecular weight is 267 g/mol. The van der Waals surface area contributed by atoms with Gasteiger partial charge in [0.1, 0.15) is 0 Å². The van der Waals surface area contributed by atoms with Gasteiger partial charge in [-0.1, -0.05) is 74.0 Å². The molecular weight excluding hydrogens is 246 g/mol. The molecule has 2 aromatic rings. The predicted octanol–water partition coefficient (Wildman–Crippen LogP) is 3.89. The van der Waals surface area contributed by atoms with Crippen molar-refractivity contribution in [2.24, 2.45) is 0 Å². The Balaban J connectivity index is 2.01. The van der Waals surface area contributed by atoms with Crippen molar-refractivity contribution in [3.05, 3.63) is 71.8 Å². The van der Waals surface area contributed by atoms with Gasteiger partial charge >= 0.3 is 0 Å². The highest BCUT2D eigenvalue weighted by Gasteiger charge is 2.18. The molecule has 2 nitrogen and oxygen atoms in total. The standard InChI is InChI=1S/C18H21NO/c1-2-9-17(16-12-7-4-8-13-16)18(20)19-14-15-10-5-3-6-11-15/h3-8,10-13,17H,2,9,14H2,1H3,(H,19,20). The van der Waals surface area contributed by atoms with Crippen molar-refractivity contribution in [3.8, 4) is 0 Å². The molecule has 2 aromatic carbocycles. The molecule has 0 radical (unpaired) electrons. The SMILES string of the molecule is CCCC(C(=O)NCc1ccccc1)c1ccccc1. The highest BCUT2D eigenvalue weighted by atomic mass is 16.1. The van der Waals surface area contributed by atoms with Crippen molar-refractivity contribution >= 4 is 5.91 Å². The van der Waals surface area contributed by atoms with Crippen molar-refractivity contribution < 1.29 is 4.79 Å². The zero-order valence-electron chi connectivity index (χ0n) is 11.9. The molecule has 0 aliphatic rings. The maximum atomic E-state index is 12.4. The Morgan fingerprint density at radius 1 is 1.00 bits per heavy atom. The first-order valence-corrected chi connectivity index (χ1v) is 7.18. The maximum Gasteiger partial charge on any atom is 0.227 e. The number of hydrogen-bond acceptors (Lipinski definition) is 1. The number of benzene rings is 2. The van der Waals surface area contributed by atoms with Crippen molar-refractivity contribution in [1.29, 1.82) is 0 Å². The second-order valence-corrected chi connectivity index (χ2v) is 4.96. The molecule has 2 heteroatoms. The third kappa shape index (κ3) is 3.95. The summed E-state index contributed by atoms with van der Waals surface area (Å²) in [6.07, 6.45) is 1.88. The molecule has 0 saturated carbocycles. The van der Waals surface area contributed by atoms with Crippen LogP contribution in [0.1, 0.15) is 36.8 Å². The van der Waals surface area contributed by atoms with Crippen LogP contribution in [0.4, 0.5) is 0 Å². The van der Waals surface area contributed by atoms with E-state index >= 15 is 0 Å². The lowest BCUT2D eigenvalue weighted by molar-refractivity contribution is -0.122. The van der Waals surface area contributed by atoms with E-state index in [4.69, 9.17) is 0 Å². The fourth-order valence-electron chi connectivity index (χ4n) is 2.33. The Bertz CT molecular complexity index is 522. The molecule has 0 fully saturated rings. The molecule has 1 unspecified atom stereocenters. The van der Waals surface area contributed by atoms with Crippen LogP contribution in [0.25, 0.3) is 0 Å². The molecule has 1 amide bonds. The molecule has 0 heterocycles. The second kappa shape index (κ2) is 7.49. The van der Waals surface area contributed by atoms with Crippen LogP contribution in [-0.2, 0) is 11.3 Å². The van der Waals surface area contributed by atoms with Crippen molar-refractivity contribution in [2.75, 3.05) is 0 Å². The number of amides is 1. The van der Waals surface area contributed by atoms with E-state index in [1.165, 1.54) is 0 Å². The summed E-state index contributed by atoms with van der Waals surface area (Å²) in [5.41, 5.74) is 2.23. The maximum absolute atomic E-state index is 12.4. The zero-order valence-corrected chi connectivity index (χ0v) is 11.9. The lowest BCUT2D eigenvalue weighted by atomic mass is 9.93. The summed E-state index contributed by atoms with van der Waals surface area (Å²) in [5.74, 6) is 0.0619. The first-order valence-electron chi connectivity index (χ1n) is 7.18. The monoisotopic (exact) mass is 267 g/mol. The van der Waals surface area contributed by atoms with Crippen LogP contribution in [-0.4, -0.2) is 5.91 Å². The third-order valence-corrected chi connectivity index (χ3v) is 3.41. The topological polar surface area (TPSA) is 29.1 Å². The summed E-state index contributed by atoms with van der Waals surface area (Å²) in [5, 5.41) is 3.04. The first-order chi connectivity index (χ1) is 9.81. The van der Waals surface area contributed by atoms with Crippen molar-refractivity contribution in [3.63, 3.8) is 0 Å². The summed E-state index contributed by atoms with van der Waals surface area (Å²) >= 11 is 0. The van der Waals surface area contributed by atoms with E-state index in [0.717, 1.165) is 24.0 Å². The van der Waals surface area contributed by atoms with Crippen LogP contribution in [0, 0.1) is 0 Å². The average Bonchev–Trinajstić information content (AvgIpc) is 2.52. The highest BCUT2D eigenvalue weighted by Crippen LogP contribution is 2.21. The van der Waals surface area contributed by atoms with Gasteiger partial charge in [0.05, 0.1) is 5.92 Å². The number of rotatable bonds is 6. The molecule has 0 saturated heterocycles. The summed E-state index contributed by atoms with van der Waals surface area (Å²) in [6, 6.07) is 20.0. The van der Waals surface area contributed by atoms with Gasteiger partial charge in [0.2, 0.25) is 5.91 Å². The molecule has 0 aromatic heterocycles. The van der Waals surface area contributed by atoms with Gasteiger partial charge in [-0.2, -0.15) is 0 Å². The Morgan fingerprint density at radius 3 is 2.20 bits per heavy atom. The molecule has 0 aliphatic heterocycles. The van der Waals surface area contributed by atoms with Crippen LogP contribution >= 0.6 is 0 Å². The molecule has 0 aliphatic carbocycles. The van der Waals surface area contributed by atoms with Gasteiger partial charge in [-0.3, -0.25) is 4.79 Å². The van der Waals surface area contributed by atoms with Crippen LogP contribution in [0.2, 0.25) is 0 Å². The normalized spacial score (nSPS) is 11.8. The number of nitrogens with one attached hydrogen (secondary N) is 1. The largest absolute Gasteiger partial charge is 0.351 e. The fraction of sp³-hybridized carbons (Fsp3) is 0.278. The first kappa shape index (κ1) is 14.3. The minimum absolute atomic E-state index is 0.0510. The molecule has 0 spiro atoms. The third-order valence-electron chi connectivity index (χ3n) is 3.41. The number of hydrogen-bond donors (Lipinski definition) is 1. The second-order valence-electron chi connectivity index (χ2n) is 4.96. The molecule has 0 bridgehead atoms. The number of carbonyl (C=O) groups is 1. The van der Waals surface area contributed by atoms with Crippen molar-refractivity contribution in [1.82, 2.24) is 5.32 Å². The Morgan fingerprint density at radius 2 is 1.60 bits per heavy atom. The predicted molar refractivity (Wildman–Crippen MR) is 82.4 cm³/mol. The van der Waals surface area contributed by atoms with Crippen LogP contribution in [0.5, 0.6) is 0 Å². The lowest BCUT2D eigenvalue weighted by Crippen LogP contribution is -2.29. The molecule has 104 valence electrons. The van der Waals surface area contributed by atoms with Gasteiger partial charge in [0, 0.05) is 6.54 Å². The Hall–Kier alpha value is -2.09. The molecule has 1 N–H and O–H groups in total. The van der Waals surface area contributed by atoms with Gasteiger partial charge in [-0.05, 0) is 17.5 Å². The smallest absolute Gasteiger partial charge is 0.227 e. The van der Waals surface area contributed by atoms with Gasteiger partial charge in [0.25, 0.3) is 0 Å². The highest BCUT2D eigenvalue weighted by molar-refractivity contribution is 5.83. The summed E-state index contributed by atoms with van der Waals surface area (Å²) in [6.45, 7) is 2.70. The van der Waals surface area contributed by atoms with Crippen LogP contribution in [0.15, 0.2) is 60.7 Å². The fourth-order valence-corrected chi connectivity index (χ4v) is 2.33. The lowest BCUT2D eigenvalue weighted by Gasteiger charge is -2.16. The molecule has 20 heavy (non-hydrogen) atoms. The summed E-state index contributed by atoms with van der Waals surface area (Å²) < 4.78 is 0. The van der Waals surface area contributed by atoms with E-state index in [1.807, 2.05) is 60.7 Å². The van der Waals surface area contributed by atoms with E-state index < -0.39 is 0 Å². The molecular formula is C18H21NO. The molecule has 1 atom stereocenters. The Labute approximate surface area is 120 Å². The van der Waals surface area contributed by atoms with Gasteiger partial charge < -0.3 is 5.32 Å². The van der Waals surface area contributed by atoms with E-state index in [2.05, 4.69) is 12.2 Å². The minimum Gasteiger partial charge on any atom is -0.351 e. The van der Waals surface area contributed by atoms with Gasteiger partial charge in [0.15, 0.2) is 0 Å². The van der Waals surface area contributed by atoms with Gasteiger partial charge in [-0.25, -0.2) is 0 Å². The van der Waals surface area contributed by atoms with Crippen molar-refractivity contribution in [2.45, 2.75) is 32.2 Å². The number of carbonyl (C=O) groups excluding carboxylic acids is 1. The van der Waals surface area contributed by atoms with E-state index in [1.54, 1.807) is 0 Å². The molecule has 2 rings (SSSR count). The minimum atomic E-state index is -0.0510. The summed E-state index contributed by atoms with van der Waals surface area (Å²) in [7, 11) is 0. The van der Waals surface area contributed by atoms with E-state index in [9.17, 15) is 4.79 Å². The quantitative estimate of drug-likeness (QED) is 0.845. The van der Waals surface area contributed by atoms with Crippen LogP contribution in [0.3, 0.4) is 0 Å². The van der Waals surface area contributed by atoms with E-state index in [-0.39, 0.29) is 11.8 Å². The van der Waals surface area contributed by atoms with E-state index in [0.29, 0.717) is 6.54 Å². The summed E-state index contributed by atoms with van der Waals surface area (Å²) in [4.78, 5) is 12.4. The Kier molecular flexibility index (Phi) is 5.36. The van der Waals surface area contributed by atoms with Crippen LogP contribution < -0.4 is 5.32 Å². The zero-order chi connectivity index (χ0) is 14.2.